The molecule has 2 rings (SSSR count). The van der Waals surface area contributed by atoms with Crippen molar-refractivity contribution in [2.45, 2.75) is 31.7 Å². The quantitative estimate of drug-likeness (QED) is 0.863. The van der Waals surface area contributed by atoms with Crippen molar-refractivity contribution >= 4 is 5.91 Å². The molecule has 24 heavy (non-hydrogen) atoms. The first-order chi connectivity index (χ1) is 11.2. The van der Waals surface area contributed by atoms with Crippen molar-refractivity contribution in [1.29, 1.82) is 0 Å². The zero-order valence-corrected chi connectivity index (χ0v) is 13.8. The number of aliphatic hydroxyl groups is 1. The lowest BCUT2D eigenvalue weighted by atomic mass is 9.91. The van der Waals surface area contributed by atoms with Crippen LogP contribution in [0.1, 0.15) is 18.4 Å². The SMILES string of the molecule is CN(Cc1cnn(C)c1)C(=O)CN1CCC(C(O)C(F)(F)F)CC1. The van der Waals surface area contributed by atoms with Gasteiger partial charge in [-0.2, -0.15) is 18.3 Å². The van der Waals surface area contributed by atoms with Gasteiger partial charge in [0.1, 0.15) is 0 Å². The van der Waals surface area contributed by atoms with E-state index in [1.165, 1.54) is 0 Å². The Hall–Kier alpha value is -1.61. The Morgan fingerprint density at radius 2 is 2.08 bits per heavy atom. The van der Waals surface area contributed by atoms with E-state index in [1.54, 1.807) is 29.9 Å². The summed E-state index contributed by atoms with van der Waals surface area (Å²) >= 11 is 0. The molecule has 1 aliphatic rings. The number of carbonyl (C=O) groups excluding carboxylic acids is 1. The molecule has 1 saturated heterocycles. The van der Waals surface area contributed by atoms with Crippen LogP contribution in [-0.4, -0.2) is 69.6 Å². The average Bonchev–Trinajstić information content (AvgIpc) is 2.91. The van der Waals surface area contributed by atoms with Gasteiger partial charge < -0.3 is 10.0 Å². The zero-order valence-electron chi connectivity index (χ0n) is 13.8. The van der Waals surface area contributed by atoms with Gasteiger partial charge in [-0.1, -0.05) is 0 Å². The minimum absolute atomic E-state index is 0.0892. The number of aryl methyl sites for hydroxylation is 1. The van der Waals surface area contributed by atoms with E-state index >= 15 is 0 Å². The van der Waals surface area contributed by atoms with E-state index in [1.807, 2.05) is 11.1 Å². The van der Waals surface area contributed by atoms with Crippen LogP contribution >= 0.6 is 0 Å². The fraction of sp³-hybridized carbons (Fsp3) is 0.733. The van der Waals surface area contributed by atoms with Crippen LogP contribution < -0.4 is 0 Å². The molecule has 0 saturated carbocycles. The van der Waals surface area contributed by atoms with Gasteiger partial charge in [-0.05, 0) is 31.8 Å². The van der Waals surface area contributed by atoms with E-state index in [0.717, 1.165) is 5.56 Å². The average molecular weight is 348 g/mol. The second-order valence-corrected chi connectivity index (χ2v) is 6.37. The van der Waals surface area contributed by atoms with Crippen LogP contribution in [0.2, 0.25) is 0 Å². The summed E-state index contributed by atoms with van der Waals surface area (Å²) in [5, 5.41) is 13.3. The lowest BCUT2D eigenvalue weighted by Gasteiger charge is -2.34. The molecule has 0 bridgehead atoms. The summed E-state index contributed by atoms with van der Waals surface area (Å²) in [6, 6.07) is 0. The van der Waals surface area contributed by atoms with Crippen molar-refractivity contribution in [3.05, 3.63) is 18.0 Å². The van der Waals surface area contributed by atoms with Crippen LogP contribution in [0.15, 0.2) is 12.4 Å². The first kappa shape index (κ1) is 18.7. The number of likely N-dealkylation sites (N-methyl/N-ethyl adjacent to an activating group) is 1. The Morgan fingerprint density at radius 3 is 2.58 bits per heavy atom. The molecule has 6 nitrogen and oxygen atoms in total. The maximum atomic E-state index is 12.5. The van der Waals surface area contributed by atoms with Crippen molar-refractivity contribution in [2.24, 2.45) is 13.0 Å². The highest BCUT2D eigenvalue weighted by Crippen LogP contribution is 2.31. The topological polar surface area (TPSA) is 61.6 Å². The van der Waals surface area contributed by atoms with Gasteiger partial charge in [-0.15, -0.1) is 0 Å². The van der Waals surface area contributed by atoms with Gasteiger partial charge in [0.25, 0.3) is 0 Å². The number of aliphatic hydroxyl groups excluding tert-OH is 1. The van der Waals surface area contributed by atoms with E-state index in [-0.39, 0.29) is 25.3 Å². The summed E-state index contributed by atoms with van der Waals surface area (Å²) in [7, 11) is 3.49. The molecule has 1 aromatic rings. The number of nitrogens with zero attached hydrogens (tertiary/aromatic N) is 4. The minimum Gasteiger partial charge on any atom is -0.383 e. The standard InChI is InChI=1S/C15H23F3N4O2/c1-20(8-11-7-19-21(2)9-11)13(23)10-22-5-3-12(4-6-22)14(24)15(16,17)18/h7,9,12,14,24H,3-6,8,10H2,1-2H3. The third-order valence-electron chi connectivity index (χ3n) is 4.38. The summed E-state index contributed by atoms with van der Waals surface area (Å²) in [6.07, 6.45) is -2.86. The summed E-state index contributed by atoms with van der Waals surface area (Å²) in [6.45, 7) is 1.37. The third-order valence-corrected chi connectivity index (χ3v) is 4.38. The van der Waals surface area contributed by atoms with Gasteiger partial charge in [0, 0.05) is 32.4 Å². The molecule has 1 fully saturated rings. The van der Waals surface area contributed by atoms with Crippen LogP contribution in [0.3, 0.4) is 0 Å². The highest BCUT2D eigenvalue weighted by molar-refractivity contribution is 5.78. The molecule has 2 heterocycles. The monoisotopic (exact) mass is 348 g/mol. The maximum Gasteiger partial charge on any atom is 0.414 e. The van der Waals surface area contributed by atoms with Crippen molar-refractivity contribution in [2.75, 3.05) is 26.7 Å². The summed E-state index contributed by atoms with van der Waals surface area (Å²) in [5.74, 6) is -0.877. The van der Waals surface area contributed by atoms with Gasteiger partial charge in [0.15, 0.2) is 6.10 Å². The number of carbonyl (C=O) groups is 1. The molecule has 0 aromatic carbocycles. The Kier molecular flexibility index (Phi) is 5.87. The van der Waals surface area contributed by atoms with Gasteiger partial charge >= 0.3 is 6.18 Å². The number of rotatable bonds is 5. The smallest absolute Gasteiger partial charge is 0.383 e. The summed E-state index contributed by atoms with van der Waals surface area (Å²) in [4.78, 5) is 15.6. The fourth-order valence-corrected chi connectivity index (χ4v) is 2.92. The molecule has 1 atom stereocenters. The van der Waals surface area contributed by atoms with Crippen LogP contribution in [0.4, 0.5) is 13.2 Å². The Bertz CT molecular complexity index is 553. The van der Waals surface area contributed by atoms with Crippen LogP contribution in [0.5, 0.6) is 0 Å². The number of piperidine rings is 1. The van der Waals surface area contributed by atoms with Gasteiger partial charge in [0.05, 0.1) is 12.7 Å². The van der Waals surface area contributed by atoms with Crippen molar-refractivity contribution in [3.63, 3.8) is 0 Å². The van der Waals surface area contributed by atoms with Gasteiger partial charge in [-0.25, -0.2) is 0 Å². The van der Waals surface area contributed by atoms with Crippen molar-refractivity contribution in [3.8, 4) is 0 Å². The first-order valence-electron chi connectivity index (χ1n) is 7.85. The van der Waals surface area contributed by atoms with E-state index in [2.05, 4.69) is 5.10 Å². The Balaban J connectivity index is 1.77. The van der Waals surface area contributed by atoms with E-state index < -0.39 is 18.2 Å². The molecule has 9 heteroatoms. The molecule has 0 aliphatic carbocycles. The predicted molar refractivity (Wildman–Crippen MR) is 80.9 cm³/mol. The predicted octanol–water partition coefficient (Wildman–Crippen LogP) is 1.01. The van der Waals surface area contributed by atoms with Gasteiger partial charge in [0.2, 0.25) is 5.91 Å². The molecule has 0 radical (unpaired) electrons. The molecule has 136 valence electrons. The lowest BCUT2D eigenvalue weighted by molar-refractivity contribution is -0.223. The molecule has 1 unspecified atom stereocenters. The second kappa shape index (κ2) is 7.52. The highest BCUT2D eigenvalue weighted by atomic mass is 19.4. The molecule has 1 amide bonds. The lowest BCUT2D eigenvalue weighted by Crippen LogP contribution is -2.46. The normalized spacial score (nSPS) is 18.6. The number of amides is 1. The molecular formula is C15H23F3N4O2. The fourth-order valence-electron chi connectivity index (χ4n) is 2.92. The van der Waals surface area contributed by atoms with Gasteiger partial charge in [-0.3, -0.25) is 14.4 Å². The van der Waals surface area contributed by atoms with Crippen molar-refractivity contribution < 1.29 is 23.1 Å². The van der Waals surface area contributed by atoms with Crippen LogP contribution in [0, 0.1) is 5.92 Å². The molecule has 1 aliphatic heterocycles. The Labute approximate surface area is 138 Å². The number of alkyl halides is 3. The van der Waals surface area contributed by atoms with E-state index in [4.69, 9.17) is 0 Å². The number of hydrogen-bond acceptors (Lipinski definition) is 4. The Morgan fingerprint density at radius 1 is 1.46 bits per heavy atom. The highest BCUT2D eigenvalue weighted by Gasteiger charge is 2.44. The van der Waals surface area contributed by atoms with Crippen LogP contribution in [0.25, 0.3) is 0 Å². The molecule has 1 aromatic heterocycles. The number of aromatic nitrogens is 2. The number of hydrogen-bond donors (Lipinski definition) is 1. The largest absolute Gasteiger partial charge is 0.414 e. The molecule has 0 spiro atoms. The van der Waals surface area contributed by atoms with E-state index in [9.17, 15) is 23.1 Å². The zero-order chi connectivity index (χ0) is 17.9. The van der Waals surface area contributed by atoms with Crippen molar-refractivity contribution in [1.82, 2.24) is 19.6 Å². The maximum absolute atomic E-state index is 12.5. The minimum atomic E-state index is -4.58. The van der Waals surface area contributed by atoms with Crippen LogP contribution in [-0.2, 0) is 18.4 Å². The summed E-state index contributed by atoms with van der Waals surface area (Å²) < 4.78 is 39.2. The number of likely N-dealkylation sites (tertiary alicyclic amines) is 1. The summed E-state index contributed by atoms with van der Waals surface area (Å²) in [5.41, 5.74) is 0.917. The molecular weight excluding hydrogens is 325 g/mol. The van der Waals surface area contributed by atoms with E-state index in [0.29, 0.717) is 19.6 Å². The third kappa shape index (κ3) is 4.94. The number of halogens is 3. The molecule has 1 N–H and O–H groups in total. The second-order valence-electron chi connectivity index (χ2n) is 6.37. The first-order valence-corrected chi connectivity index (χ1v) is 7.85.